The van der Waals surface area contributed by atoms with E-state index in [1.165, 1.54) is 5.69 Å². The zero-order chi connectivity index (χ0) is 11.1. The maximum absolute atomic E-state index is 5.43. The molecule has 1 N–H and O–H groups in total. The molecule has 1 aromatic rings. The number of terminal acetylenes is 1. The van der Waals surface area contributed by atoms with E-state index < -0.39 is 0 Å². The molecule has 15 heavy (non-hydrogen) atoms. The Morgan fingerprint density at radius 1 is 1.60 bits per heavy atom. The molecule has 3 heteroatoms. The van der Waals surface area contributed by atoms with Gasteiger partial charge in [0.15, 0.2) is 0 Å². The summed E-state index contributed by atoms with van der Waals surface area (Å²) in [6, 6.07) is 2.20. The number of aromatic nitrogens is 2. The van der Waals surface area contributed by atoms with Gasteiger partial charge < -0.3 is 0 Å². The first-order valence-electron chi connectivity index (χ1n) is 5.52. The molecular formula is C12H19N3. The summed E-state index contributed by atoms with van der Waals surface area (Å²) in [6.07, 6.45) is 9.39. The van der Waals surface area contributed by atoms with E-state index in [0.29, 0.717) is 0 Å². The fourth-order valence-electron chi connectivity index (χ4n) is 1.56. The van der Waals surface area contributed by atoms with Crippen molar-refractivity contribution < 1.29 is 0 Å². The number of aryl methyl sites for hydroxylation is 1. The van der Waals surface area contributed by atoms with E-state index in [4.69, 9.17) is 6.42 Å². The van der Waals surface area contributed by atoms with Crippen molar-refractivity contribution in [3.63, 3.8) is 0 Å². The van der Waals surface area contributed by atoms with Crippen molar-refractivity contribution in [2.75, 3.05) is 0 Å². The molecule has 0 aliphatic rings. The van der Waals surface area contributed by atoms with Gasteiger partial charge in [0.2, 0.25) is 0 Å². The molecule has 0 fully saturated rings. The summed E-state index contributed by atoms with van der Waals surface area (Å²) in [5.74, 6) is 2.76. The molecule has 3 nitrogen and oxygen atoms in total. The van der Waals surface area contributed by atoms with Gasteiger partial charge in [0.25, 0.3) is 0 Å². The number of hydrogen-bond donors (Lipinski definition) is 1. The maximum atomic E-state index is 5.43. The van der Waals surface area contributed by atoms with Gasteiger partial charge in [-0.1, -0.05) is 19.3 Å². The van der Waals surface area contributed by atoms with Gasteiger partial charge in [-0.05, 0) is 19.4 Å². The summed E-state index contributed by atoms with van der Waals surface area (Å²) in [7, 11) is 0. The summed E-state index contributed by atoms with van der Waals surface area (Å²) >= 11 is 0. The van der Waals surface area contributed by atoms with E-state index in [1.54, 1.807) is 0 Å². The Kier molecular flexibility index (Phi) is 4.92. The van der Waals surface area contributed by atoms with Gasteiger partial charge in [-0.3, -0.25) is 10.00 Å². The SMILES string of the molecule is C#CC(CCC)NCc1ccnn1CC. The summed E-state index contributed by atoms with van der Waals surface area (Å²) in [5.41, 5.74) is 1.19. The van der Waals surface area contributed by atoms with E-state index in [-0.39, 0.29) is 6.04 Å². The summed E-state index contributed by atoms with van der Waals surface area (Å²) in [5, 5.41) is 7.56. The van der Waals surface area contributed by atoms with Crippen molar-refractivity contribution in [2.45, 2.75) is 45.8 Å². The van der Waals surface area contributed by atoms with Crippen molar-refractivity contribution in [2.24, 2.45) is 0 Å². The maximum Gasteiger partial charge on any atom is 0.0689 e. The van der Waals surface area contributed by atoms with Crippen molar-refractivity contribution in [1.29, 1.82) is 0 Å². The van der Waals surface area contributed by atoms with Crippen LogP contribution in [0.4, 0.5) is 0 Å². The molecule has 82 valence electrons. The van der Waals surface area contributed by atoms with Crippen LogP contribution in [0.3, 0.4) is 0 Å². The number of nitrogens with zero attached hydrogens (tertiary/aromatic N) is 2. The van der Waals surface area contributed by atoms with Gasteiger partial charge >= 0.3 is 0 Å². The van der Waals surface area contributed by atoms with Crippen LogP contribution in [-0.4, -0.2) is 15.8 Å². The van der Waals surface area contributed by atoms with Crippen LogP contribution in [0.15, 0.2) is 12.3 Å². The summed E-state index contributed by atoms with van der Waals surface area (Å²) < 4.78 is 1.98. The monoisotopic (exact) mass is 205 g/mol. The topological polar surface area (TPSA) is 29.9 Å². The third-order valence-corrected chi connectivity index (χ3v) is 2.41. The van der Waals surface area contributed by atoms with Crippen LogP contribution in [0, 0.1) is 12.3 Å². The van der Waals surface area contributed by atoms with Gasteiger partial charge in [0, 0.05) is 19.3 Å². The average Bonchev–Trinajstić information content (AvgIpc) is 2.71. The van der Waals surface area contributed by atoms with Crippen LogP contribution >= 0.6 is 0 Å². The smallest absolute Gasteiger partial charge is 0.0689 e. The van der Waals surface area contributed by atoms with Crippen molar-refractivity contribution in [1.82, 2.24) is 15.1 Å². The Morgan fingerprint density at radius 3 is 3.00 bits per heavy atom. The Hall–Kier alpha value is -1.27. The molecule has 1 rings (SSSR count). The second kappa shape index (κ2) is 6.26. The standard InChI is InChI=1S/C12H19N3/c1-4-7-11(5-2)13-10-12-8-9-14-15(12)6-3/h2,8-9,11,13H,4,6-7,10H2,1,3H3. The summed E-state index contributed by atoms with van der Waals surface area (Å²) in [4.78, 5) is 0. The van der Waals surface area contributed by atoms with Gasteiger partial charge in [0.05, 0.1) is 11.7 Å². The highest BCUT2D eigenvalue weighted by atomic mass is 15.3. The minimum absolute atomic E-state index is 0.176. The minimum atomic E-state index is 0.176. The predicted molar refractivity (Wildman–Crippen MR) is 62.3 cm³/mol. The quantitative estimate of drug-likeness (QED) is 0.718. The van der Waals surface area contributed by atoms with E-state index in [2.05, 4.69) is 30.2 Å². The fourth-order valence-corrected chi connectivity index (χ4v) is 1.56. The highest BCUT2D eigenvalue weighted by molar-refractivity contribution is 5.04. The Balaban J connectivity index is 2.45. The van der Waals surface area contributed by atoms with E-state index in [0.717, 1.165) is 25.9 Å². The second-order valence-electron chi connectivity index (χ2n) is 3.53. The van der Waals surface area contributed by atoms with Crippen molar-refractivity contribution >= 4 is 0 Å². The molecule has 1 atom stereocenters. The molecule has 1 heterocycles. The molecule has 0 saturated heterocycles. The lowest BCUT2D eigenvalue weighted by Crippen LogP contribution is -2.27. The lowest BCUT2D eigenvalue weighted by Gasteiger charge is -2.12. The number of nitrogens with one attached hydrogen (secondary N) is 1. The lowest BCUT2D eigenvalue weighted by atomic mass is 10.2. The highest BCUT2D eigenvalue weighted by Crippen LogP contribution is 2.01. The largest absolute Gasteiger partial charge is 0.298 e. The Labute approximate surface area is 91.9 Å². The van der Waals surface area contributed by atoms with Gasteiger partial charge in [-0.25, -0.2) is 0 Å². The highest BCUT2D eigenvalue weighted by Gasteiger charge is 2.05. The average molecular weight is 205 g/mol. The first kappa shape index (κ1) is 11.8. The molecule has 0 aliphatic heterocycles. The number of rotatable bonds is 6. The summed E-state index contributed by atoms with van der Waals surface area (Å²) in [6.45, 7) is 5.92. The van der Waals surface area contributed by atoms with Gasteiger partial charge in [0.1, 0.15) is 0 Å². The van der Waals surface area contributed by atoms with Gasteiger partial charge in [-0.15, -0.1) is 6.42 Å². The van der Waals surface area contributed by atoms with Crippen LogP contribution in [-0.2, 0) is 13.1 Å². The molecule has 0 spiro atoms. The zero-order valence-corrected chi connectivity index (χ0v) is 9.53. The normalized spacial score (nSPS) is 12.3. The fraction of sp³-hybridized carbons (Fsp3) is 0.583. The van der Waals surface area contributed by atoms with Crippen LogP contribution in [0.2, 0.25) is 0 Å². The van der Waals surface area contributed by atoms with Crippen molar-refractivity contribution in [3.05, 3.63) is 18.0 Å². The molecule has 0 radical (unpaired) electrons. The minimum Gasteiger partial charge on any atom is -0.298 e. The molecule has 0 aromatic carbocycles. The van der Waals surface area contributed by atoms with Crippen LogP contribution < -0.4 is 5.32 Å². The van der Waals surface area contributed by atoms with Crippen LogP contribution in [0.25, 0.3) is 0 Å². The van der Waals surface area contributed by atoms with E-state index in [9.17, 15) is 0 Å². The second-order valence-corrected chi connectivity index (χ2v) is 3.53. The van der Waals surface area contributed by atoms with Gasteiger partial charge in [-0.2, -0.15) is 5.10 Å². The molecule has 0 amide bonds. The van der Waals surface area contributed by atoms with Crippen LogP contribution in [0.1, 0.15) is 32.4 Å². The molecule has 0 bridgehead atoms. The molecule has 0 aliphatic carbocycles. The van der Waals surface area contributed by atoms with E-state index in [1.807, 2.05) is 16.9 Å². The first-order valence-corrected chi connectivity index (χ1v) is 5.52. The van der Waals surface area contributed by atoms with Crippen LogP contribution in [0.5, 0.6) is 0 Å². The van der Waals surface area contributed by atoms with E-state index >= 15 is 0 Å². The molecule has 1 aromatic heterocycles. The molecule has 0 saturated carbocycles. The first-order chi connectivity index (χ1) is 7.31. The third-order valence-electron chi connectivity index (χ3n) is 2.41. The molecule has 1 unspecified atom stereocenters. The Morgan fingerprint density at radius 2 is 2.40 bits per heavy atom. The Bertz CT molecular complexity index is 322. The van der Waals surface area contributed by atoms with Crippen molar-refractivity contribution in [3.8, 4) is 12.3 Å². The predicted octanol–water partition coefficient (Wildman–Crippen LogP) is 1.79. The lowest BCUT2D eigenvalue weighted by molar-refractivity contribution is 0.528. The number of hydrogen-bond acceptors (Lipinski definition) is 2. The molecular weight excluding hydrogens is 186 g/mol. The third kappa shape index (κ3) is 3.41. The zero-order valence-electron chi connectivity index (χ0n) is 9.53.